The largest absolute Gasteiger partial charge is 0.493 e. The van der Waals surface area contributed by atoms with E-state index in [9.17, 15) is 9.59 Å². The highest BCUT2D eigenvalue weighted by molar-refractivity contribution is 5.99. The molecule has 0 fully saturated rings. The smallest absolute Gasteiger partial charge is 0.306 e. The Labute approximate surface area is 124 Å². The first kappa shape index (κ1) is 15.4. The fraction of sp³-hybridized carbons (Fsp3) is 0.500. The van der Waals surface area contributed by atoms with E-state index in [1.54, 1.807) is 12.1 Å². The Bertz CT molecular complexity index is 546. The number of amides is 1. The lowest BCUT2D eigenvalue weighted by Crippen LogP contribution is -2.24. The highest BCUT2D eigenvalue weighted by Gasteiger charge is 2.22. The maximum atomic E-state index is 11.6. The standard InChI is InChI=1S/C16H21NO4/c1-16(2,3)21-14(18)8-5-9-20-13-7-4-6-11-12(13)10-17-15(11)19/h4,6-7H,5,8-10H2,1-3H3,(H,17,19). The summed E-state index contributed by atoms with van der Waals surface area (Å²) in [6.45, 7) is 6.45. The van der Waals surface area contributed by atoms with Gasteiger partial charge in [-0.05, 0) is 39.3 Å². The van der Waals surface area contributed by atoms with Gasteiger partial charge in [-0.3, -0.25) is 9.59 Å². The number of carbonyl (C=O) groups excluding carboxylic acids is 2. The normalized spacial score (nSPS) is 13.6. The maximum absolute atomic E-state index is 11.6. The van der Waals surface area contributed by atoms with Gasteiger partial charge in [0.15, 0.2) is 0 Å². The minimum absolute atomic E-state index is 0.0656. The third kappa shape index (κ3) is 4.21. The molecular formula is C16H21NO4. The van der Waals surface area contributed by atoms with Gasteiger partial charge in [-0.1, -0.05) is 6.07 Å². The van der Waals surface area contributed by atoms with Crippen LogP contribution in [0.1, 0.15) is 49.5 Å². The molecule has 0 radical (unpaired) electrons. The fourth-order valence-corrected chi connectivity index (χ4v) is 2.15. The van der Waals surface area contributed by atoms with Crippen molar-refractivity contribution in [1.29, 1.82) is 0 Å². The Morgan fingerprint density at radius 1 is 1.33 bits per heavy atom. The van der Waals surface area contributed by atoms with E-state index >= 15 is 0 Å². The van der Waals surface area contributed by atoms with Crippen molar-refractivity contribution in [3.05, 3.63) is 29.3 Å². The number of rotatable bonds is 5. The minimum atomic E-state index is -0.454. The molecule has 0 aromatic heterocycles. The fourth-order valence-electron chi connectivity index (χ4n) is 2.15. The molecule has 0 bridgehead atoms. The minimum Gasteiger partial charge on any atom is -0.493 e. The van der Waals surface area contributed by atoms with Crippen molar-refractivity contribution in [3.8, 4) is 5.75 Å². The van der Waals surface area contributed by atoms with Crippen molar-refractivity contribution < 1.29 is 19.1 Å². The molecule has 1 heterocycles. The topological polar surface area (TPSA) is 64.6 Å². The summed E-state index contributed by atoms with van der Waals surface area (Å²) in [5.41, 5.74) is 1.10. The summed E-state index contributed by atoms with van der Waals surface area (Å²) in [6.07, 6.45) is 0.906. The molecule has 0 unspecified atom stereocenters. The third-order valence-corrected chi connectivity index (χ3v) is 3.01. The van der Waals surface area contributed by atoms with E-state index in [0.29, 0.717) is 37.3 Å². The van der Waals surface area contributed by atoms with Gasteiger partial charge in [0.25, 0.3) is 5.91 Å². The van der Waals surface area contributed by atoms with Crippen molar-refractivity contribution in [2.24, 2.45) is 0 Å². The van der Waals surface area contributed by atoms with Gasteiger partial charge < -0.3 is 14.8 Å². The highest BCUT2D eigenvalue weighted by atomic mass is 16.6. The zero-order valence-electron chi connectivity index (χ0n) is 12.7. The van der Waals surface area contributed by atoms with Crippen LogP contribution in [-0.4, -0.2) is 24.1 Å². The number of fused-ring (bicyclic) bond motifs is 1. The molecule has 0 atom stereocenters. The second-order valence-corrected chi connectivity index (χ2v) is 6.00. The molecule has 5 nitrogen and oxygen atoms in total. The van der Waals surface area contributed by atoms with Crippen LogP contribution < -0.4 is 10.1 Å². The Kier molecular flexibility index (Phi) is 4.50. The van der Waals surface area contributed by atoms with Crippen molar-refractivity contribution >= 4 is 11.9 Å². The molecule has 0 spiro atoms. The summed E-state index contributed by atoms with van der Waals surface area (Å²) in [6, 6.07) is 5.42. The first-order chi connectivity index (χ1) is 9.87. The van der Waals surface area contributed by atoms with Gasteiger partial charge >= 0.3 is 5.97 Å². The summed E-state index contributed by atoms with van der Waals surface area (Å²) < 4.78 is 10.9. The Hall–Kier alpha value is -2.04. The van der Waals surface area contributed by atoms with Crippen molar-refractivity contribution in [3.63, 3.8) is 0 Å². The molecule has 1 aliphatic heterocycles. The first-order valence-electron chi connectivity index (χ1n) is 7.11. The van der Waals surface area contributed by atoms with Crippen LogP contribution in [0.15, 0.2) is 18.2 Å². The molecule has 0 saturated heterocycles. The van der Waals surface area contributed by atoms with Gasteiger partial charge in [-0.25, -0.2) is 0 Å². The number of nitrogens with one attached hydrogen (secondary N) is 1. The van der Waals surface area contributed by atoms with Crippen LogP contribution in [0.25, 0.3) is 0 Å². The van der Waals surface area contributed by atoms with E-state index in [-0.39, 0.29) is 11.9 Å². The quantitative estimate of drug-likeness (QED) is 0.668. The lowest BCUT2D eigenvalue weighted by molar-refractivity contribution is -0.155. The number of carbonyl (C=O) groups is 2. The van der Waals surface area contributed by atoms with Gasteiger partial charge in [0.1, 0.15) is 11.4 Å². The van der Waals surface area contributed by atoms with Gasteiger partial charge in [0, 0.05) is 24.1 Å². The Morgan fingerprint density at radius 2 is 2.10 bits per heavy atom. The van der Waals surface area contributed by atoms with E-state index in [2.05, 4.69) is 5.32 Å². The third-order valence-electron chi connectivity index (χ3n) is 3.01. The number of esters is 1. The molecule has 0 aliphatic carbocycles. The van der Waals surface area contributed by atoms with E-state index < -0.39 is 5.60 Å². The zero-order valence-corrected chi connectivity index (χ0v) is 12.7. The molecule has 0 saturated carbocycles. The molecule has 1 N–H and O–H groups in total. The molecule has 1 aliphatic rings. The monoisotopic (exact) mass is 291 g/mol. The summed E-state index contributed by atoms with van der Waals surface area (Å²) >= 11 is 0. The van der Waals surface area contributed by atoms with E-state index in [1.807, 2.05) is 26.8 Å². The summed E-state index contributed by atoms with van der Waals surface area (Å²) in [7, 11) is 0. The predicted octanol–water partition coefficient (Wildman–Crippen LogP) is 2.43. The molecule has 1 aromatic carbocycles. The molecule has 114 valence electrons. The van der Waals surface area contributed by atoms with Gasteiger partial charge in [0.2, 0.25) is 0 Å². The van der Waals surface area contributed by atoms with Crippen molar-refractivity contribution in [2.75, 3.05) is 6.61 Å². The van der Waals surface area contributed by atoms with Gasteiger partial charge in [-0.2, -0.15) is 0 Å². The Balaban J connectivity index is 1.80. The summed E-state index contributed by atoms with van der Waals surface area (Å²) in [5.74, 6) is 0.417. The highest BCUT2D eigenvalue weighted by Crippen LogP contribution is 2.26. The number of hydrogen-bond acceptors (Lipinski definition) is 4. The predicted molar refractivity (Wildman–Crippen MR) is 78.2 cm³/mol. The molecule has 1 amide bonds. The summed E-state index contributed by atoms with van der Waals surface area (Å²) in [4.78, 5) is 23.1. The molecular weight excluding hydrogens is 270 g/mol. The van der Waals surface area contributed by atoms with Gasteiger partial charge in [0.05, 0.1) is 6.61 Å². The zero-order chi connectivity index (χ0) is 15.5. The average molecular weight is 291 g/mol. The second-order valence-electron chi connectivity index (χ2n) is 6.00. The van der Waals surface area contributed by atoms with Crippen LogP contribution in [0.4, 0.5) is 0 Å². The number of benzene rings is 1. The SMILES string of the molecule is CC(C)(C)OC(=O)CCCOc1cccc2c1CNC2=O. The molecule has 1 aromatic rings. The van der Waals surface area contributed by atoms with Crippen LogP contribution in [0.5, 0.6) is 5.75 Å². The van der Waals surface area contributed by atoms with Gasteiger partial charge in [-0.15, -0.1) is 0 Å². The van der Waals surface area contributed by atoms with Crippen LogP contribution in [-0.2, 0) is 16.1 Å². The van der Waals surface area contributed by atoms with E-state index in [0.717, 1.165) is 5.56 Å². The molecule has 21 heavy (non-hydrogen) atoms. The maximum Gasteiger partial charge on any atom is 0.306 e. The summed E-state index contributed by atoms with van der Waals surface area (Å²) in [5, 5.41) is 2.77. The molecule has 2 rings (SSSR count). The van der Waals surface area contributed by atoms with Crippen LogP contribution in [0.2, 0.25) is 0 Å². The van der Waals surface area contributed by atoms with Crippen LogP contribution in [0.3, 0.4) is 0 Å². The average Bonchev–Trinajstić information content (AvgIpc) is 2.75. The lowest BCUT2D eigenvalue weighted by atomic mass is 10.1. The number of ether oxygens (including phenoxy) is 2. The van der Waals surface area contributed by atoms with Crippen LogP contribution in [0, 0.1) is 0 Å². The van der Waals surface area contributed by atoms with Crippen LogP contribution >= 0.6 is 0 Å². The molecule has 5 heteroatoms. The second kappa shape index (κ2) is 6.16. The lowest BCUT2D eigenvalue weighted by Gasteiger charge is -2.19. The van der Waals surface area contributed by atoms with E-state index in [4.69, 9.17) is 9.47 Å². The number of hydrogen-bond donors (Lipinski definition) is 1. The Morgan fingerprint density at radius 3 is 2.81 bits per heavy atom. The first-order valence-corrected chi connectivity index (χ1v) is 7.11. The van der Waals surface area contributed by atoms with Crippen molar-refractivity contribution in [2.45, 2.75) is 45.8 Å². The van der Waals surface area contributed by atoms with Crippen molar-refractivity contribution in [1.82, 2.24) is 5.32 Å². The van der Waals surface area contributed by atoms with E-state index in [1.165, 1.54) is 0 Å².